The van der Waals surface area contributed by atoms with Gasteiger partial charge in [0.05, 0.1) is 0 Å². The molecule has 0 saturated carbocycles. The average molecular weight is 217 g/mol. The predicted molar refractivity (Wildman–Crippen MR) is 59.5 cm³/mol. The van der Waals surface area contributed by atoms with Gasteiger partial charge < -0.3 is 9.64 Å². The lowest BCUT2D eigenvalue weighted by Gasteiger charge is -2.25. The number of piperidine rings is 1. The van der Waals surface area contributed by atoms with Gasteiger partial charge in [-0.1, -0.05) is 13.8 Å². The largest absolute Gasteiger partial charge is 0.438 e. The van der Waals surface area contributed by atoms with Crippen molar-refractivity contribution < 1.29 is 9.53 Å². The van der Waals surface area contributed by atoms with Crippen molar-refractivity contribution in [3.05, 3.63) is 0 Å². The van der Waals surface area contributed by atoms with Gasteiger partial charge in [-0.3, -0.25) is 0 Å². The summed E-state index contributed by atoms with van der Waals surface area (Å²) in [4.78, 5) is 13.3. The Morgan fingerprint density at radius 3 is 2.57 bits per heavy atom. The maximum atomic E-state index is 11.5. The summed E-state index contributed by atoms with van der Waals surface area (Å²) in [6, 6.07) is 0. The second-order valence-electron chi connectivity index (χ2n) is 3.79. The van der Waals surface area contributed by atoms with Gasteiger partial charge in [0.15, 0.2) is 0 Å². The number of carbonyl (C=O) groups is 1. The third-order valence-corrected chi connectivity index (χ3v) is 3.12. The molecule has 0 aromatic carbocycles. The zero-order valence-electron chi connectivity index (χ0n) is 8.99. The molecule has 1 aliphatic heterocycles. The molecule has 14 heavy (non-hydrogen) atoms. The van der Waals surface area contributed by atoms with E-state index < -0.39 is 0 Å². The smallest absolute Gasteiger partial charge is 0.410 e. The quantitative estimate of drug-likeness (QED) is 0.681. The molecule has 0 spiro atoms. The van der Waals surface area contributed by atoms with Crippen molar-refractivity contribution in [3.8, 4) is 0 Å². The molecule has 0 aromatic heterocycles. The fourth-order valence-corrected chi connectivity index (χ4v) is 1.83. The summed E-state index contributed by atoms with van der Waals surface area (Å²) in [6.07, 6.45) is 3.33. The number of rotatable bonds is 3. The molecule has 0 aromatic rings. The Morgan fingerprint density at radius 2 is 2.00 bits per heavy atom. The first-order valence-corrected chi connectivity index (χ1v) is 6.28. The maximum Gasteiger partial charge on any atom is 0.410 e. The van der Waals surface area contributed by atoms with E-state index in [0.717, 1.165) is 25.9 Å². The van der Waals surface area contributed by atoms with Gasteiger partial charge in [0.2, 0.25) is 0 Å². The van der Waals surface area contributed by atoms with Crippen LogP contribution in [-0.2, 0) is 4.74 Å². The van der Waals surface area contributed by atoms with Crippen LogP contribution in [0.1, 0.15) is 33.1 Å². The fourth-order valence-electron chi connectivity index (χ4n) is 1.39. The van der Waals surface area contributed by atoms with Gasteiger partial charge in [-0.2, -0.15) is 0 Å². The molecule has 0 atom stereocenters. The van der Waals surface area contributed by atoms with Gasteiger partial charge in [0, 0.05) is 18.3 Å². The monoisotopic (exact) mass is 217 g/mol. The van der Waals surface area contributed by atoms with Crippen molar-refractivity contribution in [1.29, 1.82) is 0 Å². The van der Waals surface area contributed by atoms with Gasteiger partial charge in [0.25, 0.3) is 0 Å². The van der Waals surface area contributed by atoms with Gasteiger partial charge in [-0.05, 0) is 19.3 Å². The van der Waals surface area contributed by atoms with Gasteiger partial charge in [-0.15, -0.1) is 11.8 Å². The van der Waals surface area contributed by atoms with Crippen LogP contribution in [0.2, 0.25) is 0 Å². The second-order valence-corrected chi connectivity index (χ2v) is 5.30. The van der Waals surface area contributed by atoms with Crippen LogP contribution in [0.5, 0.6) is 0 Å². The van der Waals surface area contributed by atoms with E-state index in [-0.39, 0.29) is 6.09 Å². The van der Waals surface area contributed by atoms with Crippen molar-refractivity contribution in [2.75, 3.05) is 19.0 Å². The van der Waals surface area contributed by atoms with Gasteiger partial charge in [0.1, 0.15) is 5.94 Å². The van der Waals surface area contributed by atoms with Crippen LogP contribution in [0.15, 0.2) is 0 Å². The molecule has 4 heteroatoms. The predicted octanol–water partition coefficient (Wildman–Crippen LogP) is 2.71. The lowest BCUT2D eigenvalue weighted by Crippen LogP contribution is -2.36. The van der Waals surface area contributed by atoms with Crippen LogP contribution >= 0.6 is 11.8 Å². The Hall–Kier alpha value is -0.380. The Bertz CT molecular complexity index is 179. The molecule has 0 N–H and O–H groups in total. The highest BCUT2D eigenvalue weighted by Crippen LogP contribution is 2.13. The van der Waals surface area contributed by atoms with E-state index >= 15 is 0 Å². The number of amides is 1. The number of ether oxygens (including phenoxy) is 1. The van der Waals surface area contributed by atoms with Crippen molar-refractivity contribution in [2.24, 2.45) is 0 Å². The molecule has 82 valence electrons. The lowest BCUT2D eigenvalue weighted by molar-refractivity contribution is 0.111. The van der Waals surface area contributed by atoms with Crippen molar-refractivity contribution in [3.63, 3.8) is 0 Å². The summed E-state index contributed by atoms with van der Waals surface area (Å²) in [5.74, 6) is 0.479. The van der Waals surface area contributed by atoms with E-state index in [4.69, 9.17) is 4.74 Å². The van der Waals surface area contributed by atoms with Crippen LogP contribution < -0.4 is 0 Å². The SMILES string of the molecule is CC(C)SCOC(=O)N1CCCCC1. The van der Waals surface area contributed by atoms with Crippen LogP contribution in [-0.4, -0.2) is 35.3 Å². The average Bonchev–Trinajstić information content (AvgIpc) is 2.18. The van der Waals surface area contributed by atoms with E-state index in [1.54, 1.807) is 11.8 Å². The Balaban J connectivity index is 2.13. The van der Waals surface area contributed by atoms with Crippen LogP contribution in [0.4, 0.5) is 4.79 Å². The minimum atomic E-state index is -0.141. The number of likely N-dealkylation sites (tertiary alicyclic amines) is 1. The number of nitrogens with zero attached hydrogens (tertiary/aromatic N) is 1. The Morgan fingerprint density at radius 1 is 1.36 bits per heavy atom. The van der Waals surface area contributed by atoms with Gasteiger partial charge >= 0.3 is 6.09 Å². The highest BCUT2D eigenvalue weighted by molar-refractivity contribution is 7.99. The molecule has 0 unspecified atom stereocenters. The van der Waals surface area contributed by atoms with Crippen LogP contribution in [0, 0.1) is 0 Å². The molecular weight excluding hydrogens is 198 g/mol. The number of hydrogen-bond donors (Lipinski definition) is 0. The summed E-state index contributed by atoms with van der Waals surface area (Å²) < 4.78 is 5.14. The minimum absolute atomic E-state index is 0.141. The number of thioether (sulfide) groups is 1. The van der Waals surface area contributed by atoms with Gasteiger partial charge in [-0.25, -0.2) is 4.79 Å². The van der Waals surface area contributed by atoms with E-state index in [0.29, 0.717) is 11.2 Å². The topological polar surface area (TPSA) is 29.5 Å². The zero-order chi connectivity index (χ0) is 10.4. The lowest BCUT2D eigenvalue weighted by atomic mass is 10.1. The highest BCUT2D eigenvalue weighted by Gasteiger charge is 2.17. The first-order chi connectivity index (χ1) is 6.70. The van der Waals surface area contributed by atoms with E-state index in [2.05, 4.69) is 13.8 Å². The van der Waals surface area contributed by atoms with Crippen molar-refractivity contribution in [2.45, 2.75) is 38.4 Å². The molecule has 0 bridgehead atoms. The molecule has 1 saturated heterocycles. The molecule has 3 nitrogen and oxygen atoms in total. The minimum Gasteiger partial charge on any atom is -0.438 e. The molecule has 1 amide bonds. The van der Waals surface area contributed by atoms with Crippen LogP contribution in [0.25, 0.3) is 0 Å². The normalized spacial score (nSPS) is 17.2. The third kappa shape index (κ3) is 4.22. The second kappa shape index (κ2) is 6.17. The molecular formula is C10H19NO2S. The van der Waals surface area contributed by atoms with E-state index in [1.165, 1.54) is 6.42 Å². The molecule has 1 rings (SSSR count). The molecule has 1 aliphatic rings. The fraction of sp³-hybridized carbons (Fsp3) is 0.900. The summed E-state index contributed by atoms with van der Waals surface area (Å²) in [5, 5.41) is 0.518. The first-order valence-electron chi connectivity index (χ1n) is 5.23. The first kappa shape index (κ1) is 11.7. The van der Waals surface area contributed by atoms with E-state index in [1.807, 2.05) is 4.90 Å². The van der Waals surface area contributed by atoms with Crippen LogP contribution in [0.3, 0.4) is 0 Å². The zero-order valence-corrected chi connectivity index (χ0v) is 9.81. The standard InChI is InChI=1S/C10H19NO2S/c1-9(2)14-8-13-10(12)11-6-4-3-5-7-11/h9H,3-8H2,1-2H3. The van der Waals surface area contributed by atoms with Crippen molar-refractivity contribution in [1.82, 2.24) is 4.90 Å². The maximum absolute atomic E-state index is 11.5. The Labute approximate surface area is 90.2 Å². The summed E-state index contributed by atoms with van der Waals surface area (Å²) in [5.41, 5.74) is 0. The summed E-state index contributed by atoms with van der Waals surface area (Å²) >= 11 is 1.65. The number of carbonyl (C=O) groups excluding carboxylic acids is 1. The summed E-state index contributed by atoms with van der Waals surface area (Å²) in [7, 11) is 0. The molecule has 1 fully saturated rings. The number of hydrogen-bond acceptors (Lipinski definition) is 3. The van der Waals surface area contributed by atoms with Crippen molar-refractivity contribution >= 4 is 17.9 Å². The third-order valence-electron chi connectivity index (χ3n) is 2.20. The summed E-state index contributed by atoms with van der Waals surface area (Å²) in [6.45, 7) is 5.93. The Kier molecular flexibility index (Phi) is 5.15. The van der Waals surface area contributed by atoms with E-state index in [9.17, 15) is 4.79 Å². The molecule has 0 radical (unpaired) electrons. The molecule has 0 aliphatic carbocycles. The highest BCUT2D eigenvalue weighted by atomic mass is 32.2. The molecule has 1 heterocycles.